The second kappa shape index (κ2) is 9.87. The Hall–Kier alpha value is -0.110. The Balaban J connectivity index is 1.90. The van der Waals surface area contributed by atoms with Gasteiger partial charge in [-0.1, -0.05) is 58.3 Å². The molecule has 1 aliphatic rings. The lowest BCUT2D eigenvalue weighted by molar-refractivity contribution is 0.202. The first-order chi connectivity index (χ1) is 8.34. The average molecular weight is 243 g/mol. The van der Waals surface area contributed by atoms with E-state index in [2.05, 4.69) is 12.2 Å². The summed E-state index contributed by atoms with van der Waals surface area (Å²) in [4.78, 5) is 0. The van der Waals surface area contributed by atoms with Gasteiger partial charge in [-0.3, -0.25) is 0 Å². The number of unbranched alkanes of at least 4 members (excludes halogenated alkanes) is 6. The Morgan fingerprint density at radius 2 is 1.76 bits per heavy atom. The largest absolute Gasteiger partial charge is 0.311 e. The molecule has 1 saturated heterocycles. The molecule has 17 heavy (non-hydrogen) atoms. The summed E-state index contributed by atoms with van der Waals surface area (Å²) >= 11 is 0. The van der Waals surface area contributed by atoms with Crippen molar-refractivity contribution >= 4 is 0 Å². The lowest BCUT2D eigenvalue weighted by Gasteiger charge is -2.26. The Morgan fingerprint density at radius 1 is 1.06 bits per heavy atom. The van der Waals surface area contributed by atoms with Crippen LogP contribution in [-0.2, 0) is 0 Å². The molecule has 1 nitrogen and oxygen atoms in total. The van der Waals surface area contributed by atoms with Crippen LogP contribution >= 0.6 is 0 Å². The van der Waals surface area contributed by atoms with Crippen LogP contribution < -0.4 is 5.32 Å². The first-order valence-corrected chi connectivity index (χ1v) is 7.72. The van der Waals surface area contributed by atoms with Crippen LogP contribution in [0.5, 0.6) is 0 Å². The summed E-state index contributed by atoms with van der Waals surface area (Å²) in [5.41, 5.74) is 0. The first-order valence-electron chi connectivity index (χ1n) is 7.72. The van der Waals surface area contributed by atoms with E-state index in [1.54, 1.807) is 0 Å². The van der Waals surface area contributed by atoms with E-state index in [-0.39, 0.29) is 6.04 Å². The summed E-state index contributed by atoms with van der Waals surface area (Å²) in [6.45, 7) is 3.26. The molecule has 2 heteroatoms. The van der Waals surface area contributed by atoms with Crippen LogP contribution in [0.3, 0.4) is 0 Å². The maximum absolute atomic E-state index is 13.9. The van der Waals surface area contributed by atoms with Crippen molar-refractivity contribution in [1.29, 1.82) is 0 Å². The lowest BCUT2D eigenvalue weighted by Crippen LogP contribution is -2.41. The predicted molar refractivity (Wildman–Crippen MR) is 73.1 cm³/mol. The highest BCUT2D eigenvalue weighted by atomic mass is 19.1. The van der Waals surface area contributed by atoms with Gasteiger partial charge in [0.15, 0.2) is 0 Å². The SMILES string of the molecule is CCCCCCCCCC(F)C1CCCCN1. The molecule has 0 spiro atoms. The van der Waals surface area contributed by atoms with Crippen LogP contribution in [0.1, 0.15) is 77.6 Å². The number of nitrogens with one attached hydrogen (secondary N) is 1. The fraction of sp³-hybridized carbons (Fsp3) is 1.00. The van der Waals surface area contributed by atoms with Crippen molar-refractivity contribution < 1.29 is 4.39 Å². The average Bonchev–Trinajstić information content (AvgIpc) is 2.38. The van der Waals surface area contributed by atoms with Gasteiger partial charge in [-0.25, -0.2) is 4.39 Å². The lowest BCUT2D eigenvalue weighted by atomic mass is 9.97. The monoisotopic (exact) mass is 243 g/mol. The fourth-order valence-electron chi connectivity index (χ4n) is 2.69. The minimum atomic E-state index is -0.606. The smallest absolute Gasteiger partial charge is 0.115 e. The van der Waals surface area contributed by atoms with Crippen molar-refractivity contribution in [3.05, 3.63) is 0 Å². The molecule has 1 rings (SSSR count). The predicted octanol–water partition coefficient (Wildman–Crippen LogP) is 4.61. The second-order valence-electron chi connectivity index (χ2n) is 5.48. The maximum atomic E-state index is 13.9. The maximum Gasteiger partial charge on any atom is 0.115 e. The molecule has 1 aliphatic heterocycles. The zero-order valence-corrected chi connectivity index (χ0v) is 11.5. The molecule has 2 atom stereocenters. The molecule has 0 aliphatic carbocycles. The number of piperidine rings is 1. The minimum absolute atomic E-state index is 0.156. The zero-order valence-electron chi connectivity index (χ0n) is 11.5. The first kappa shape index (κ1) is 14.9. The molecule has 0 aromatic carbocycles. The van der Waals surface area contributed by atoms with Crippen molar-refractivity contribution in [3.8, 4) is 0 Å². The summed E-state index contributed by atoms with van der Waals surface area (Å²) in [6.07, 6.45) is 12.6. The molecule has 0 saturated carbocycles. The van der Waals surface area contributed by atoms with Crippen LogP contribution in [0.2, 0.25) is 0 Å². The van der Waals surface area contributed by atoms with Gasteiger partial charge in [0, 0.05) is 6.04 Å². The third kappa shape index (κ3) is 7.03. The highest BCUT2D eigenvalue weighted by Gasteiger charge is 2.21. The third-order valence-electron chi connectivity index (χ3n) is 3.87. The molecule has 0 amide bonds. The summed E-state index contributed by atoms with van der Waals surface area (Å²) in [5, 5.41) is 3.31. The van der Waals surface area contributed by atoms with Crippen molar-refractivity contribution in [3.63, 3.8) is 0 Å². The second-order valence-corrected chi connectivity index (χ2v) is 5.48. The van der Waals surface area contributed by atoms with Crippen molar-refractivity contribution in [1.82, 2.24) is 5.32 Å². The van der Waals surface area contributed by atoms with Crippen LogP contribution in [-0.4, -0.2) is 18.8 Å². The molecule has 2 unspecified atom stereocenters. The number of hydrogen-bond acceptors (Lipinski definition) is 1. The summed E-state index contributed by atoms with van der Waals surface area (Å²) in [7, 11) is 0. The Kier molecular flexibility index (Phi) is 8.68. The number of alkyl halides is 1. The number of hydrogen-bond donors (Lipinski definition) is 1. The van der Waals surface area contributed by atoms with E-state index in [4.69, 9.17) is 0 Å². The molecule has 1 heterocycles. The van der Waals surface area contributed by atoms with E-state index >= 15 is 0 Å². The molecule has 1 fully saturated rings. The van der Waals surface area contributed by atoms with E-state index in [0.717, 1.165) is 25.8 Å². The highest BCUT2D eigenvalue weighted by molar-refractivity contribution is 4.79. The van der Waals surface area contributed by atoms with Crippen molar-refractivity contribution in [2.45, 2.75) is 89.8 Å². The molecule has 0 bridgehead atoms. The fourth-order valence-corrected chi connectivity index (χ4v) is 2.69. The summed E-state index contributed by atoms with van der Waals surface area (Å²) < 4.78 is 13.9. The molecule has 1 N–H and O–H groups in total. The minimum Gasteiger partial charge on any atom is -0.311 e. The Labute approximate surface area is 107 Å². The molecule has 102 valence electrons. The van der Waals surface area contributed by atoms with Gasteiger partial charge >= 0.3 is 0 Å². The molecule has 0 aromatic rings. The standard InChI is InChI=1S/C15H30FN/c1-2-3-4-5-6-7-8-11-14(16)15-12-9-10-13-17-15/h14-15,17H,2-13H2,1H3. The van der Waals surface area contributed by atoms with Crippen LogP contribution in [0.4, 0.5) is 4.39 Å². The number of rotatable bonds is 9. The van der Waals surface area contributed by atoms with E-state index in [0.29, 0.717) is 0 Å². The van der Waals surface area contributed by atoms with Gasteiger partial charge < -0.3 is 5.32 Å². The van der Waals surface area contributed by atoms with E-state index in [9.17, 15) is 4.39 Å². The van der Waals surface area contributed by atoms with E-state index in [1.807, 2.05) is 0 Å². The van der Waals surface area contributed by atoms with Gasteiger partial charge in [-0.2, -0.15) is 0 Å². The highest BCUT2D eigenvalue weighted by Crippen LogP contribution is 2.18. The van der Waals surface area contributed by atoms with Gasteiger partial charge in [0.05, 0.1) is 0 Å². The topological polar surface area (TPSA) is 12.0 Å². The Morgan fingerprint density at radius 3 is 2.41 bits per heavy atom. The summed E-state index contributed by atoms with van der Waals surface area (Å²) in [6, 6.07) is 0.156. The normalized spacial score (nSPS) is 22.6. The van der Waals surface area contributed by atoms with Crippen LogP contribution in [0, 0.1) is 0 Å². The Bertz CT molecular complexity index is 166. The molecule has 0 radical (unpaired) electrons. The van der Waals surface area contributed by atoms with Gasteiger partial charge in [-0.15, -0.1) is 0 Å². The summed E-state index contributed by atoms with van der Waals surface area (Å²) in [5.74, 6) is 0. The van der Waals surface area contributed by atoms with Crippen molar-refractivity contribution in [2.75, 3.05) is 6.54 Å². The molecular formula is C15H30FN. The molecule has 0 aromatic heterocycles. The quantitative estimate of drug-likeness (QED) is 0.583. The number of halogens is 1. The third-order valence-corrected chi connectivity index (χ3v) is 3.87. The van der Waals surface area contributed by atoms with Gasteiger partial charge in [0.25, 0.3) is 0 Å². The van der Waals surface area contributed by atoms with Crippen LogP contribution in [0.25, 0.3) is 0 Å². The van der Waals surface area contributed by atoms with Gasteiger partial charge in [-0.05, 0) is 25.8 Å². The van der Waals surface area contributed by atoms with Gasteiger partial charge in [0.2, 0.25) is 0 Å². The van der Waals surface area contributed by atoms with Crippen LogP contribution in [0.15, 0.2) is 0 Å². The van der Waals surface area contributed by atoms with Gasteiger partial charge in [0.1, 0.15) is 6.17 Å². The zero-order chi connectivity index (χ0) is 12.3. The van der Waals surface area contributed by atoms with E-state index < -0.39 is 6.17 Å². The van der Waals surface area contributed by atoms with E-state index in [1.165, 1.54) is 51.4 Å². The molecular weight excluding hydrogens is 213 g/mol. The van der Waals surface area contributed by atoms with Crippen molar-refractivity contribution in [2.24, 2.45) is 0 Å².